The molecule has 0 saturated heterocycles. The number of hydrogen-bond acceptors (Lipinski definition) is 2. The molecule has 3 nitrogen and oxygen atoms in total. The molecule has 4 heteroatoms. The molecule has 0 spiro atoms. The molecule has 0 saturated carbocycles. The molecular formula is C23H39ClN2O. The van der Waals surface area contributed by atoms with E-state index >= 15 is 0 Å². The molecule has 0 atom stereocenters. The van der Waals surface area contributed by atoms with Gasteiger partial charge in [-0.15, -0.1) is 0 Å². The van der Waals surface area contributed by atoms with E-state index in [4.69, 9.17) is 5.73 Å². The molecule has 1 aromatic rings. The Labute approximate surface area is 173 Å². The van der Waals surface area contributed by atoms with E-state index in [2.05, 4.69) is 63.3 Å². The van der Waals surface area contributed by atoms with Gasteiger partial charge in [0, 0.05) is 24.1 Å². The minimum Gasteiger partial charge on any atom is -1.00 e. The smallest absolute Gasteiger partial charge is 0.105 e. The zero-order valence-electron chi connectivity index (χ0n) is 17.5. The van der Waals surface area contributed by atoms with Crippen LogP contribution in [0.1, 0.15) is 57.6 Å². The first kappa shape index (κ1) is 25.7. The molecule has 0 bridgehead atoms. The van der Waals surface area contributed by atoms with Gasteiger partial charge in [-0.25, -0.2) is 0 Å². The summed E-state index contributed by atoms with van der Waals surface area (Å²) in [6.07, 6.45) is 14.3. The molecule has 0 heterocycles. The zero-order valence-corrected chi connectivity index (χ0v) is 18.2. The van der Waals surface area contributed by atoms with E-state index in [1.165, 1.54) is 11.1 Å². The Kier molecular flexibility index (Phi) is 14.0. The molecule has 27 heavy (non-hydrogen) atoms. The summed E-state index contributed by atoms with van der Waals surface area (Å²) in [7, 11) is 0. The van der Waals surface area contributed by atoms with Gasteiger partial charge in [-0.3, -0.25) is 0 Å². The summed E-state index contributed by atoms with van der Waals surface area (Å²) in [5.74, 6) is 0. The number of quaternary nitrogens is 1. The van der Waals surface area contributed by atoms with Gasteiger partial charge in [0.1, 0.15) is 13.1 Å². The number of aliphatic hydroxyl groups is 1. The van der Waals surface area contributed by atoms with Crippen LogP contribution in [0.3, 0.4) is 0 Å². The normalized spacial score (nSPS) is 13.8. The molecule has 1 rings (SSSR count). The van der Waals surface area contributed by atoms with Crippen LogP contribution in [-0.4, -0.2) is 35.8 Å². The second-order valence-corrected chi connectivity index (χ2v) is 7.17. The van der Waals surface area contributed by atoms with Gasteiger partial charge in [0.2, 0.25) is 0 Å². The third kappa shape index (κ3) is 9.99. The molecule has 1 aromatic carbocycles. The van der Waals surface area contributed by atoms with Crippen LogP contribution in [0.25, 0.3) is 0 Å². The van der Waals surface area contributed by atoms with Crippen molar-refractivity contribution in [2.75, 3.05) is 32.0 Å². The Balaban J connectivity index is 0.00000676. The number of aryl methyl sites for hydroxylation is 1. The zero-order chi connectivity index (χ0) is 19.3. The Hall–Kier alpha value is -1.29. The highest BCUT2D eigenvalue weighted by Gasteiger charge is 2.26. The molecule has 0 fully saturated rings. The van der Waals surface area contributed by atoms with Crippen LogP contribution in [0, 0.1) is 0 Å². The van der Waals surface area contributed by atoms with Gasteiger partial charge in [0.25, 0.3) is 0 Å². The number of nitrogen functional groups attached to an aromatic ring is 1. The van der Waals surface area contributed by atoms with Crippen molar-refractivity contribution in [3.8, 4) is 0 Å². The molecular weight excluding hydrogens is 356 g/mol. The van der Waals surface area contributed by atoms with Gasteiger partial charge in [-0.2, -0.15) is 0 Å². The second kappa shape index (κ2) is 14.7. The number of anilines is 1. The highest BCUT2D eigenvalue weighted by molar-refractivity contribution is 5.44. The number of nitrogens with two attached hydrogens (primary N) is 1. The molecule has 0 amide bonds. The van der Waals surface area contributed by atoms with Crippen molar-refractivity contribution in [1.29, 1.82) is 0 Å². The topological polar surface area (TPSA) is 46.2 Å². The summed E-state index contributed by atoms with van der Waals surface area (Å²) in [5.41, 5.74) is 9.55. The van der Waals surface area contributed by atoms with Crippen molar-refractivity contribution in [2.45, 2.75) is 59.4 Å². The van der Waals surface area contributed by atoms with Gasteiger partial charge in [-0.1, -0.05) is 51.1 Å². The monoisotopic (exact) mass is 394 g/mol. The highest BCUT2D eigenvalue weighted by Crippen LogP contribution is 2.21. The Morgan fingerprint density at radius 2 is 1.41 bits per heavy atom. The van der Waals surface area contributed by atoms with Crippen LogP contribution in [0.4, 0.5) is 5.69 Å². The second-order valence-electron chi connectivity index (χ2n) is 7.17. The summed E-state index contributed by atoms with van der Waals surface area (Å²) < 4.78 is 0.908. The lowest BCUT2D eigenvalue weighted by molar-refractivity contribution is -0.940. The van der Waals surface area contributed by atoms with E-state index in [1.54, 1.807) is 0 Å². The number of rotatable bonds is 13. The number of hydrogen-bond donors (Lipinski definition) is 2. The van der Waals surface area contributed by atoms with Crippen LogP contribution in [0.2, 0.25) is 0 Å². The quantitative estimate of drug-likeness (QED) is 0.305. The van der Waals surface area contributed by atoms with Gasteiger partial charge >= 0.3 is 0 Å². The maximum atomic E-state index is 9.76. The third-order valence-corrected chi connectivity index (χ3v) is 4.92. The molecule has 3 N–H and O–H groups in total. The fourth-order valence-corrected chi connectivity index (χ4v) is 3.52. The molecule has 0 aromatic heterocycles. The van der Waals surface area contributed by atoms with Crippen molar-refractivity contribution >= 4 is 5.69 Å². The van der Waals surface area contributed by atoms with Gasteiger partial charge in [0.15, 0.2) is 0 Å². The number of aliphatic hydroxyl groups excluding tert-OH is 1. The highest BCUT2D eigenvalue weighted by atomic mass is 35.5. The summed E-state index contributed by atoms with van der Waals surface area (Å²) in [4.78, 5) is 0. The Bertz CT molecular complexity index is 551. The van der Waals surface area contributed by atoms with Gasteiger partial charge in [0.05, 0.1) is 19.7 Å². The maximum Gasteiger partial charge on any atom is 0.105 e. The molecule has 154 valence electrons. The first-order chi connectivity index (χ1) is 12.6. The van der Waals surface area contributed by atoms with Crippen LogP contribution in [0.15, 0.2) is 42.5 Å². The minimum absolute atomic E-state index is 0. The van der Waals surface area contributed by atoms with Crippen LogP contribution < -0.4 is 18.1 Å². The lowest BCUT2D eigenvalue weighted by Gasteiger charge is -2.38. The first-order valence-corrected chi connectivity index (χ1v) is 10.2. The van der Waals surface area contributed by atoms with E-state index < -0.39 is 0 Å². The van der Waals surface area contributed by atoms with Crippen molar-refractivity contribution in [2.24, 2.45) is 0 Å². The van der Waals surface area contributed by atoms with E-state index in [0.29, 0.717) is 0 Å². The minimum atomic E-state index is 0. The Morgan fingerprint density at radius 1 is 0.852 bits per heavy atom. The van der Waals surface area contributed by atoms with E-state index in [9.17, 15) is 5.11 Å². The van der Waals surface area contributed by atoms with E-state index in [1.807, 2.05) is 0 Å². The largest absolute Gasteiger partial charge is 1.00 e. The summed E-state index contributed by atoms with van der Waals surface area (Å²) in [6, 6.07) is 6.45. The van der Waals surface area contributed by atoms with Crippen LogP contribution in [-0.2, 0) is 13.0 Å². The van der Waals surface area contributed by atoms with Crippen LogP contribution >= 0.6 is 0 Å². The summed E-state index contributed by atoms with van der Waals surface area (Å²) in [6.45, 7) is 10.5. The van der Waals surface area contributed by atoms with Gasteiger partial charge < -0.3 is 27.7 Å². The standard InChI is InChI=1S/C23H39N2O.ClH/c1-4-7-9-11-13-25(15-16-26,14-12-10-8-5-2)20-22-17-21(6-3)18-23(24)19-22;/h7-10,17-19,26H,4-6,11-16,20,24H2,1-3H3;1H/q+1;/p-1. The maximum absolute atomic E-state index is 9.76. The fourth-order valence-electron chi connectivity index (χ4n) is 3.52. The fraction of sp³-hybridized carbons (Fsp3) is 0.565. The molecule has 0 aliphatic rings. The Morgan fingerprint density at radius 3 is 1.89 bits per heavy atom. The average Bonchev–Trinajstić information content (AvgIpc) is 2.62. The van der Waals surface area contributed by atoms with Crippen molar-refractivity contribution < 1.29 is 22.0 Å². The lowest BCUT2D eigenvalue weighted by Crippen LogP contribution is -3.00. The SMILES string of the molecule is CCC=CCC[N+](CCO)(CCC=CCC)Cc1cc(N)cc(CC)c1.[Cl-]. The molecule has 0 radical (unpaired) electrons. The lowest BCUT2D eigenvalue weighted by atomic mass is 10.0. The number of halogens is 1. The number of benzene rings is 1. The summed E-state index contributed by atoms with van der Waals surface area (Å²) >= 11 is 0. The predicted molar refractivity (Wildman–Crippen MR) is 114 cm³/mol. The predicted octanol–water partition coefficient (Wildman–Crippen LogP) is 1.86. The first-order valence-electron chi connectivity index (χ1n) is 10.2. The van der Waals surface area contributed by atoms with E-state index in [0.717, 1.165) is 68.5 Å². The van der Waals surface area contributed by atoms with Crippen molar-refractivity contribution in [3.05, 3.63) is 53.6 Å². The number of allylic oxidation sites excluding steroid dienone is 2. The van der Waals surface area contributed by atoms with Crippen molar-refractivity contribution in [1.82, 2.24) is 0 Å². The number of nitrogens with zero attached hydrogens (tertiary/aromatic N) is 1. The third-order valence-electron chi connectivity index (χ3n) is 4.92. The molecule has 0 aliphatic carbocycles. The molecule has 0 unspecified atom stereocenters. The summed E-state index contributed by atoms with van der Waals surface area (Å²) in [5, 5.41) is 9.76. The van der Waals surface area contributed by atoms with Crippen LogP contribution in [0.5, 0.6) is 0 Å². The van der Waals surface area contributed by atoms with Gasteiger partial charge in [-0.05, 0) is 37.0 Å². The van der Waals surface area contributed by atoms with Crippen molar-refractivity contribution in [3.63, 3.8) is 0 Å². The van der Waals surface area contributed by atoms with E-state index in [-0.39, 0.29) is 19.0 Å². The molecule has 0 aliphatic heterocycles. The average molecular weight is 395 g/mol.